The number of nitrogens with one attached hydrogen (secondary N) is 1. The van der Waals surface area contributed by atoms with Crippen LogP contribution in [-0.2, 0) is 14.3 Å². The first-order chi connectivity index (χ1) is 14.8. The smallest absolute Gasteiger partial charge is 0.278 e. The van der Waals surface area contributed by atoms with Crippen LogP contribution in [0.25, 0.3) is 5.57 Å². The standard InChI is InChI=1S/C21H19F2N3O5/c1-2-31-11-3-10-25-20(27)18(13-4-7-15(8-5-13)26(29)30)19(21(25)28)24-14-6-9-16(22)17(23)12-14/h4-9,12,24H,2-3,10-11H2,1H3. The minimum Gasteiger partial charge on any atom is -0.382 e. The maximum Gasteiger partial charge on any atom is 0.278 e. The molecule has 162 valence electrons. The number of benzene rings is 2. The van der Waals surface area contributed by atoms with E-state index >= 15 is 0 Å². The number of nitro benzene ring substituents is 1. The Hall–Kier alpha value is -3.66. The number of non-ortho nitro benzene ring substituents is 1. The van der Waals surface area contributed by atoms with Crippen LogP contribution in [0.3, 0.4) is 0 Å². The maximum absolute atomic E-state index is 13.6. The largest absolute Gasteiger partial charge is 0.382 e. The highest BCUT2D eigenvalue weighted by Gasteiger charge is 2.39. The second-order valence-electron chi connectivity index (χ2n) is 6.62. The SMILES string of the molecule is CCOCCCN1C(=O)C(Nc2ccc(F)c(F)c2)=C(c2ccc([N+](=O)[O-])cc2)C1=O. The molecule has 0 atom stereocenters. The molecule has 31 heavy (non-hydrogen) atoms. The Morgan fingerprint density at radius 3 is 2.39 bits per heavy atom. The number of rotatable bonds is 9. The van der Waals surface area contributed by atoms with Gasteiger partial charge in [-0.1, -0.05) is 0 Å². The number of anilines is 1. The van der Waals surface area contributed by atoms with Crippen LogP contribution in [0.1, 0.15) is 18.9 Å². The molecule has 0 radical (unpaired) electrons. The Labute approximate surface area is 176 Å². The van der Waals surface area contributed by atoms with Gasteiger partial charge in [-0.05, 0) is 43.2 Å². The predicted octanol–water partition coefficient (Wildman–Crippen LogP) is 3.49. The Kier molecular flexibility index (Phi) is 6.71. The van der Waals surface area contributed by atoms with Crippen molar-refractivity contribution in [1.82, 2.24) is 4.90 Å². The zero-order valence-corrected chi connectivity index (χ0v) is 16.6. The minimum absolute atomic E-state index is 0.0129. The zero-order valence-electron chi connectivity index (χ0n) is 16.6. The molecule has 0 aromatic heterocycles. The van der Waals surface area contributed by atoms with E-state index in [-0.39, 0.29) is 34.8 Å². The molecule has 2 amide bonds. The number of hydrogen-bond donors (Lipinski definition) is 1. The van der Waals surface area contributed by atoms with Crippen molar-refractivity contribution in [2.24, 2.45) is 0 Å². The van der Waals surface area contributed by atoms with Gasteiger partial charge in [-0.3, -0.25) is 24.6 Å². The summed E-state index contributed by atoms with van der Waals surface area (Å²) < 4.78 is 32.1. The van der Waals surface area contributed by atoms with Gasteiger partial charge in [0.05, 0.1) is 10.5 Å². The number of hydrogen-bond acceptors (Lipinski definition) is 6. The first-order valence-corrected chi connectivity index (χ1v) is 9.48. The van der Waals surface area contributed by atoms with Crippen LogP contribution in [0.15, 0.2) is 48.2 Å². The van der Waals surface area contributed by atoms with Crippen molar-refractivity contribution in [3.8, 4) is 0 Å². The summed E-state index contributed by atoms with van der Waals surface area (Å²) in [5, 5.41) is 13.6. The summed E-state index contributed by atoms with van der Waals surface area (Å²) in [6.07, 6.45) is 0.414. The fraction of sp³-hybridized carbons (Fsp3) is 0.238. The highest BCUT2D eigenvalue weighted by atomic mass is 19.2. The summed E-state index contributed by atoms with van der Waals surface area (Å²) in [5.74, 6) is -3.41. The Bertz CT molecular complexity index is 1050. The van der Waals surface area contributed by atoms with Crippen LogP contribution in [-0.4, -0.2) is 41.4 Å². The second-order valence-corrected chi connectivity index (χ2v) is 6.62. The molecule has 0 saturated carbocycles. The summed E-state index contributed by atoms with van der Waals surface area (Å²) >= 11 is 0. The molecule has 0 unspecified atom stereocenters. The van der Waals surface area contributed by atoms with Gasteiger partial charge in [-0.15, -0.1) is 0 Å². The quantitative estimate of drug-likeness (QED) is 0.282. The van der Waals surface area contributed by atoms with Gasteiger partial charge in [0.15, 0.2) is 11.6 Å². The van der Waals surface area contributed by atoms with Crippen LogP contribution in [0.5, 0.6) is 0 Å². The van der Waals surface area contributed by atoms with E-state index in [0.29, 0.717) is 19.6 Å². The van der Waals surface area contributed by atoms with Gasteiger partial charge in [0, 0.05) is 43.6 Å². The summed E-state index contributed by atoms with van der Waals surface area (Å²) in [7, 11) is 0. The molecule has 0 spiro atoms. The maximum atomic E-state index is 13.6. The van der Waals surface area contributed by atoms with Crippen LogP contribution >= 0.6 is 0 Å². The topological polar surface area (TPSA) is 102 Å². The molecular formula is C21H19F2N3O5. The molecular weight excluding hydrogens is 412 g/mol. The molecule has 3 rings (SSSR count). The Morgan fingerprint density at radius 1 is 1.06 bits per heavy atom. The van der Waals surface area contributed by atoms with Crippen LogP contribution in [0, 0.1) is 21.7 Å². The molecule has 2 aromatic carbocycles. The van der Waals surface area contributed by atoms with E-state index in [4.69, 9.17) is 4.74 Å². The second kappa shape index (κ2) is 9.43. The van der Waals surface area contributed by atoms with Crippen molar-refractivity contribution >= 4 is 28.8 Å². The van der Waals surface area contributed by atoms with E-state index in [9.17, 15) is 28.5 Å². The van der Waals surface area contributed by atoms with Gasteiger partial charge < -0.3 is 10.1 Å². The van der Waals surface area contributed by atoms with E-state index in [2.05, 4.69) is 5.32 Å². The molecule has 1 N–H and O–H groups in total. The van der Waals surface area contributed by atoms with Gasteiger partial charge >= 0.3 is 0 Å². The number of halogens is 2. The van der Waals surface area contributed by atoms with Gasteiger partial charge in [-0.25, -0.2) is 8.78 Å². The lowest BCUT2D eigenvalue weighted by Crippen LogP contribution is -2.34. The number of ether oxygens (including phenoxy) is 1. The summed E-state index contributed by atoms with van der Waals surface area (Å²) in [5.41, 5.74) is 0.0408. The van der Waals surface area contributed by atoms with E-state index in [1.165, 1.54) is 30.3 Å². The fourth-order valence-electron chi connectivity index (χ4n) is 3.10. The number of nitrogens with zero attached hydrogens (tertiary/aromatic N) is 2. The van der Waals surface area contributed by atoms with E-state index in [0.717, 1.165) is 17.0 Å². The lowest BCUT2D eigenvalue weighted by Gasteiger charge is -2.15. The summed E-state index contributed by atoms with van der Waals surface area (Å²) in [6.45, 7) is 2.77. The normalized spacial score (nSPS) is 13.8. The van der Waals surface area contributed by atoms with E-state index in [1.54, 1.807) is 0 Å². The van der Waals surface area contributed by atoms with Crippen molar-refractivity contribution in [1.29, 1.82) is 0 Å². The third-order valence-corrected chi connectivity index (χ3v) is 4.60. The molecule has 10 heteroatoms. The Morgan fingerprint density at radius 2 is 1.77 bits per heavy atom. The lowest BCUT2D eigenvalue weighted by molar-refractivity contribution is -0.384. The van der Waals surface area contributed by atoms with Gasteiger partial charge in [0.2, 0.25) is 0 Å². The van der Waals surface area contributed by atoms with Crippen LogP contribution in [0.2, 0.25) is 0 Å². The minimum atomic E-state index is -1.12. The van der Waals surface area contributed by atoms with Crippen molar-refractivity contribution in [3.63, 3.8) is 0 Å². The Balaban J connectivity index is 1.97. The number of amides is 2. The van der Waals surface area contributed by atoms with Gasteiger partial charge in [-0.2, -0.15) is 0 Å². The number of carbonyl (C=O) groups is 2. The molecule has 0 bridgehead atoms. The van der Waals surface area contributed by atoms with Crippen molar-refractivity contribution in [2.75, 3.05) is 25.1 Å². The highest BCUT2D eigenvalue weighted by Crippen LogP contribution is 2.31. The first-order valence-electron chi connectivity index (χ1n) is 9.48. The summed E-state index contributed by atoms with van der Waals surface area (Å²) in [6, 6.07) is 8.13. The number of imide groups is 1. The van der Waals surface area contributed by atoms with Crippen molar-refractivity contribution in [2.45, 2.75) is 13.3 Å². The average Bonchev–Trinajstić information content (AvgIpc) is 2.97. The molecule has 1 heterocycles. The number of carbonyl (C=O) groups excluding carboxylic acids is 2. The van der Waals surface area contributed by atoms with E-state index in [1.807, 2.05) is 6.92 Å². The fourth-order valence-corrected chi connectivity index (χ4v) is 3.10. The molecule has 2 aromatic rings. The highest BCUT2D eigenvalue weighted by molar-refractivity contribution is 6.36. The molecule has 0 aliphatic carbocycles. The lowest BCUT2D eigenvalue weighted by atomic mass is 10.0. The molecule has 0 fully saturated rings. The molecule has 1 aliphatic rings. The number of nitro groups is 1. The first kappa shape index (κ1) is 22.0. The monoisotopic (exact) mass is 431 g/mol. The third-order valence-electron chi connectivity index (χ3n) is 4.60. The van der Waals surface area contributed by atoms with Gasteiger partial charge in [0.1, 0.15) is 5.70 Å². The van der Waals surface area contributed by atoms with Crippen molar-refractivity contribution < 1.29 is 28.0 Å². The van der Waals surface area contributed by atoms with Crippen LogP contribution < -0.4 is 5.32 Å². The van der Waals surface area contributed by atoms with Crippen molar-refractivity contribution in [3.05, 3.63) is 75.5 Å². The van der Waals surface area contributed by atoms with Gasteiger partial charge in [0.25, 0.3) is 17.5 Å². The van der Waals surface area contributed by atoms with Crippen LogP contribution in [0.4, 0.5) is 20.2 Å². The molecule has 1 aliphatic heterocycles. The van der Waals surface area contributed by atoms with E-state index < -0.39 is 28.4 Å². The average molecular weight is 431 g/mol. The molecule has 8 nitrogen and oxygen atoms in total. The molecule has 0 saturated heterocycles. The summed E-state index contributed by atoms with van der Waals surface area (Å²) in [4.78, 5) is 37.3. The predicted molar refractivity (Wildman–Crippen MR) is 108 cm³/mol. The zero-order chi connectivity index (χ0) is 22.5. The third kappa shape index (κ3) is 4.75.